The van der Waals surface area contributed by atoms with Crippen LogP contribution < -0.4 is 5.32 Å². The molecule has 1 N–H and O–H groups in total. The molecule has 4 heterocycles. The highest BCUT2D eigenvalue weighted by Crippen LogP contribution is 2.24. The van der Waals surface area contributed by atoms with Crippen LogP contribution in [-0.4, -0.2) is 58.6 Å². The molecule has 8 heteroatoms. The van der Waals surface area contributed by atoms with Crippen LogP contribution in [0.25, 0.3) is 22.2 Å². The number of morpholine rings is 1. The minimum Gasteiger partial charge on any atom is -0.441 e. The van der Waals surface area contributed by atoms with E-state index in [4.69, 9.17) is 9.15 Å². The van der Waals surface area contributed by atoms with Crippen molar-refractivity contribution in [3.63, 3.8) is 0 Å². The molecular formula is C18H19N5O3. The number of hydrogen-bond acceptors (Lipinski definition) is 7. The van der Waals surface area contributed by atoms with Crippen LogP contribution in [0, 0.1) is 6.92 Å². The maximum absolute atomic E-state index is 12.2. The second-order valence-electron chi connectivity index (χ2n) is 6.17. The van der Waals surface area contributed by atoms with Gasteiger partial charge in [0, 0.05) is 37.2 Å². The maximum atomic E-state index is 12.2. The Kier molecular flexibility index (Phi) is 4.59. The van der Waals surface area contributed by atoms with Gasteiger partial charge in [0.2, 0.25) is 5.91 Å². The molecule has 8 nitrogen and oxygen atoms in total. The molecule has 1 aliphatic heterocycles. The number of carbonyl (C=O) groups excluding carboxylic acids is 1. The number of nitrogens with zero attached hydrogens (tertiary/aromatic N) is 4. The van der Waals surface area contributed by atoms with Gasteiger partial charge in [-0.05, 0) is 12.1 Å². The summed E-state index contributed by atoms with van der Waals surface area (Å²) in [4.78, 5) is 27.1. The van der Waals surface area contributed by atoms with Crippen molar-refractivity contribution < 1.29 is 13.9 Å². The lowest BCUT2D eigenvalue weighted by molar-refractivity contribution is -0.118. The lowest BCUT2D eigenvalue weighted by Crippen LogP contribution is -2.41. The van der Waals surface area contributed by atoms with E-state index < -0.39 is 0 Å². The summed E-state index contributed by atoms with van der Waals surface area (Å²) in [5.41, 5.74) is 1.58. The maximum Gasteiger partial charge on any atom is 0.239 e. The van der Waals surface area contributed by atoms with Gasteiger partial charge >= 0.3 is 0 Å². The second-order valence-corrected chi connectivity index (χ2v) is 6.17. The number of nitrogens with one attached hydrogen (secondary N) is 1. The highest BCUT2D eigenvalue weighted by molar-refractivity contribution is 5.93. The zero-order valence-corrected chi connectivity index (χ0v) is 14.4. The van der Waals surface area contributed by atoms with Crippen molar-refractivity contribution in [2.75, 3.05) is 38.2 Å². The third-order valence-electron chi connectivity index (χ3n) is 4.21. The molecule has 1 saturated heterocycles. The molecule has 1 aliphatic rings. The summed E-state index contributed by atoms with van der Waals surface area (Å²) in [5.74, 6) is 1.68. The van der Waals surface area contributed by atoms with Gasteiger partial charge in [-0.25, -0.2) is 9.97 Å². The Morgan fingerprint density at radius 1 is 1.15 bits per heavy atom. The predicted octanol–water partition coefficient (Wildman–Crippen LogP) is 1.86. The number of oxazole rings is 1. The van der Waals surface area contributed by atoms with Gasteiger partial charge in [0.05, 0.1) is 37.7 Å². The number of ether oxygens (including phenoxy) is 1. The number of aryl methyl sites for hydroxylation is 1. The Balaban J connectivity index is 1.51. The standard InChI is InChI=1S/C18H19N5O3/c1-12-19-10-16(26-12)14-6-13-7-17(21-9-15(13)20-8-14)22-18(24)11-23-2-4-25-5-3-23/h6-10H,2-5,11H2,1H3,(H,21,22,24). The first kappa shape index (κ1) is 16.6. The molecule has 3 aromatic heterocycles. The summed E-state index contributed by atoms with van der Waals surface area (Å²) < 4.78 is 10.8. The predicted molar refractivity (Wildman–Crippen MR) is 95.7 cm³/mol. The van der Waals surface area contributed by atoms with Crippen molar-refractivity contribution in [3.8, 4) is 11.3 Å². The van der Waals surface area contributed by atoms with Crippen molar-refractivity contribution in [3.05, 3.63) is 36.6 Å². The van der Waals surface area contributed by atoms with Crippen molar-refractivity contribution in [2.45, 2.75) is 6.92 Å². The van der Waals surface area contributed by atoms with Crippen LogP contribution in [0.15, 0.2) is 35.1 Å². The van der Waals surface area contributed by atoms with E-state index in [0.717, 1.165) is 29.6 Å². The number of aromatic nitrogens is 3. The monoisotopic (exact) mass is 353 g/mol. The molecule has 0 unspecified atom stereocenters. The van der Waals surface area contributed by atoms with E-state index in [1.165, 1.54) is 0 Å². The van der Waals surface area contributed by atoms with Gasteiger partial charge in [0.1, 0.15) is 5.82 Å². The van der Waals surface area contributed by atoms with Crippen LogP contribution >= 0.6 is 0 Å². The zero-order valence-electron chi connectivity index (χ0n) is 14.4. The lowest BCUT2D eigenvalue weighted by atomic mass is 10.1. The van der Waals surface area contributed by atoms with Gasteiger partial charge < -0.3 is 14.5 Å². The lowest BCUT2D eigenvalue weighted by Gasteiger charge is -2.25. The van der Waals surface area contributed by atoms with Gasteiger partial charge in [-0.2, -0.15) is 0 Å². The van der Waals surface area contributed by atoms with Crippen molar-refractivity contribution >= 4 is 22.6 Å². The van der Waals surface area contributed by atoms with E-state index >= 15 is 0 Å². The minimum absolute atomic E-state index is 0.0891. The molecule has 0 bridgehead atoms. The summed E-state index contributed by atoms with van der Waals surface area (Å²) >= 11 is 0. The second kappa shape index (κ2) is 7.19. The minimum atomic E-state index is -0.0891. The highest BCUT2D eigenvalue weighted by atomic mass is 16.5. The summed E-state index contributed by atoms with van der Waals surface area (Å²) in [6.07, 6.45) is 5.04. The number of carbonyl (C=O) groups is 1. The van der Waals surface area contributed by atoms with Crippen LogP contribution in [-0.2, 0) is 9.53 Å². The number of hydrogen-bond donors (Lipinski definition) is 1. The van der Waals surface area contributed by atoms with Crippen LogP contribution in [0.4, 0.5) is 5.82 Å². The summed E-state index contributed by atoms with van der Waals surface area (Å²) in [6.45, 7) is 4.99. The fourth-order valence-electron chi connectivity index (χ4n) is 2.87. The zero-order chi connectivity index (χ0) is 17.9. The Morgan fingerprint density at radius 3 is 2.77 bits per heavy atom. The summed E-state index contributed by atoms with van der Waals surface area (Å²) in [5, 5.41) is 3.72. The fourth-order valence-corrected chi connectivity index (χ4v) is 2.87. The van der Waals surface area contributed by atoms with E-state index in [1.54, 1.807) is 25.5 Å². The molecule has 134 valence electrons. The molecule has 1 fully saturated rings. The van der Waals surface area contributed by atoms with Gasteiger partial charge in [-0.15, -0.1) is 0 Å². The van der Waals surface area contributed by atoms with Crippen molar-refractivity contribution in [1.82, 2.24) is 19.9 Å². The number of rotatable bonds is 4. The van der Waals surface area contributed by atoms with Crippen LogP contribution in [0.3, 0.4) is 0 Å². The summed E-state index contributed by atoms with van der Waals surface area (Å²) in [6, 6.07) is 3.76. The van der Waals surface area contributed by atoms with E-state index in [-0.39, 0.29) is 5.91 Å². The normalized spacial score (nSPS) is 15.3. The molecule has 1 amide bonds. The van der Waals surface area contributed by atoms with Gasteiger partial charge in [0.25, 0.3) is 0 Å². The average Bonchev–Trinajstić information content (AvgIpc) is 3.08. The fraction of sp³-hybridized carbons (Fsp3) is 0.333. The molecule has 0 atom stereocenters. The van der Waals surface area contributed by atoms with Gasteiger partial charge in [0.15, 0.2) is 11.7 Å². The molecule has 0 aromatic carbocycles. The molecule has 0 radical (unpaired) electrons. The molecule has 4 rings (SSSR count). The van der Waals surface area contributed by atoms with Crippen molar-refractivity contribution in [2.24, 2.45) is 0 Å². The number of fused-ring (bicyclic) bond motifs is 1. The third-order valence-corrected chi connectivity index (χ3v) is 4.21. The largest absolute Gasteiger partial charge is 0.441 e. The molecule has 0 aliphatic carbocycles. The Hall–Kier alpha value is -2.84. The molecule has 0 spiro atoms. The van der Waals surface area contributed by atoms with E-state index in [1.807, 2.05) is 12.1 Å². The topological polar surface area (TPSA) is 93.4 Å². The Morgan fingerprint density at radius 2 is 2.00 bits per heavy atom. The van der Waals surface area contributed by atoms with Gasteiger partial charge in [-0.3, -0.25) is 14.7 Å². The van der Waals surface area contributed by atoms with E-state index in [2.05, 4.69) is 25.2 Å². The van der Waals surface area contributed by atoms with Gasteiger partial charge in [-0.1, -0.05) is 0 Å². The van der Waals surface area contributed by atoms with Crippen LogP contribution in [0.5, 0.6) is 0 Å². The summed E-state index contributed by atoms with van der Waals surface area (Å²) in [7, 11) is 0. The number of anilines is 1. The van der Waals surface area contributed by atoms with E-state index in [9.17, 15) is 4.79 Å². The smallest absolute Gasteiger partial charge is 0.239 e. The Bertz CT molecular complexity index is 933. The quantitative estimate of drug-likeness (QED) is 0.765. The Labute approximate surface area is 150 Å². The number of pyridine rings is 2. The van der Waals surface area contributed by atoms with Crippen LogP contribution in [0.2, 0.25) is 0 Å². The van der Waals surface area contributed by atoms with Crippen molar-refractivity contribution in [1.29, 1.82) is 0 Å². The molecule has 0 saturated carbocycles. The molecular weight excluding hydrogens is 334 g/mol. The number of amides is 1. The molecule has 3 aromatic rings. The molecule has 26 heavy (non-hydrogen) atoms. The van der Waals surface area contributed by atoms with Crippen LogP contribution in [0.1, 0.15) is 5.89 Å². The van der Waals surface area contributed by atoms with E-state index in [0.29, 0.717) is 37.2 Å². The highest BCUT2D eigenvalue weighted by Gasteiger charge is 2.15. The third kappa shape index (κ3) is 3.71. The first-order chi connectivity index (χ1) is 12.7. The first-order valence-electron chi connectivity index (χ1n) is 8.46. The average molecular weight is 353 g/mol. The SMILES string of the molecule is Cc1ncc(-c2cnc3cnc(NC(=O)CN4CCOCC4)cc3c2)o1. The first-order valence-corrected chi connectivity index (χ1v) is 8.46.